The topological polar surface area (TPSA) is 67.4 Å². The largest absolute Gasteiger partial charge is 0.375 e. The molecule has 0 heterocycles. The Kier molecular flexibility index (Phi) is 5.44. The highest BCUT2D eigenvalue weighted by atomic mass is 16.5. The fourth-order valence-electron chi connectivity index (χ4n) is 3.03. The van der Waals surface area contributed by atoms with Crippen LogP contribution in [0.15, 0.2) is 35.9 Å². The van der Waals surface area contributed by atoms with Crippen LogP contribution in [0.4, 0.5) is 11.4 Å². The highest BCUT2D eigenvalue weighted by Crippen LogP contribution is 2.59. The molecule has 0 aliphatic heterocycles. The van der Waals surface area contributed by atoms with Crippen LogP contribution in [0.1, 0.15) is 27.7 Å². The van der Waals surface area contributed by atoms with Gasteiger partial charge in [0.1, 0.15) is 6.61 Å². The maximum Gasteiger partial charge on any atom is 0.250 e. The summed E-state index contributed by atoms with van der Waals surface area (Å²) in [6.07, 6.45) is 2.18. The number of benzene rings is 1. The number of methoxy groups -OCH3 is 1. The second-order valence-electron chi connectivity index (χ2n) is 7.12. The van der Waals surface area contributed by atoms with E-state index in [9.17, 15) is 9.59 Å². The highest BCUT2D eigenvalue weighted by molar-refractivity contribution is 5.96. The molecular weight excluding hydrogens is 304 g/mol. The van der Waals surface area contributed by atoms with Gasteiger partial charge in [-0.05, 0) is 49.4 Å². The molecule has 2 rings (SSSR count). The molecule has 0 spiro atoms. The molecule has 5 nitrogen and oxygen atoms in total. The lowest BCUT2D eigenvalue weighted by Crippen LogP contribution is -2.18. The van der Waals surface area contributed by atoms with E-state index in [2.05, 4.69) is 44.4 Å². The molecule has 1 aliphatic carbocycles. The molecule has 2 N–H and O–H groups in total. The molecule has 0 bridgehead atoms. The van der Waals surface area contributed by atoms with Crippen LogP contribution in [0.5, 0.6) is 0 Å². The molecule has 0 radical (unpaired) electrons. The molecule has 0 saturated heterocycles. The van der Waals surface area contributed by atoms with Crippen LogP contribution in [-0.4, -0.2) is 25.5 Å². The molecule has 130 valence electrons. The number of carbonyl (C=O) groups excluding carboxylic acids is 2. The third kappa shape index (κ3) is 4.23. The van der Waals surface area contributed by atoms with Gasteiger partial charge in [0.05, 0.1) is 5.92 Å². The third-order valence-corrected chi connectivity index (χ3v) is 4.42. The van der Waals surface area contributed by atoms with Crippen LogP contribution in [0.2, 0.25) is 0 Å². The van der Waals surface area contributed by atoms with E-state index in [1.165, 1.54) is 12.7 Å². The lowest BCUT2D eigenvalue weighted by Gasteiger charge is -2.08. The standard InChI is InChI=1S/C19H26N2O3/c1-12(2)10-15-17(19(15,3)4)18(23)21-14-8-6-13(7-9-14)20-16(22)11-24-5/h6-10,15,17H,11H2,1-5H3,(H,20,22)(H,21,23)/t15-,17+/m1/s1. The summed E-state index contributed by atoms with van der Waals surface area (Å²) in [5.74, 6) is 0.112. The van der Waals surface area contributed by atoms with Crippen LogP contribution in [0.3, 0.4) is 0 Å². The van der Waals surface area contributed by atoms with Gasteiger partial charge in [-0.3, -0.25) is 9.59 Å². The van der Waals surface area contributed by atoms with Crippen LogP contribution in [-0.2, 0) is 14.3 Å². The van der Waals surface area contributed by atoms with E-state index in [1.54, 1.807) is 24.3 Å². The lowest BCUT2D eigenvalue weighted by atomic mass is 10.1. The smallest absolute Gasteiger partial charge is 0.250 e. The van der Waals surface area contributed by atoms with E-state index < -0.39 is 0 Å². The monoisotopic (exact) mass is 330 g/mol. The second-order valence-corrected chi connectivity index (χ2v) is 7.12. The second kappa shape index (κ2) is 7.18. The number of hydrogen-bond acceptors (Lipinski definition) is 3. The number of anilines is 2. The van der Waals surface area contributed by atoms with Crippen LogP contribution in [0, 0.1) is 17.3 Å². The summed E-state index contributed by atoms with van der Waals surface area (Å²) < 4.78 is 4.77. The predicted molar refractivity (Wildman–Crippen MR) is 95.8 cm³/mol. The summed E-state index contributed by atoms with van der Waals surface area (Å²) in [4.78, 5) is 24.0. The van der Waals surface area contributed by atoms with Gasteiger partial charge in [-0.2, -0.15) is 0 Å². The predicted octanol–water partition coefficient (Wildman–Crippen LogP) is 3.45. The van der Waals surface area contributed by atoms with Crippen molar-refractivity contribution in [3.63, 3.8) is 0 Å². The van der Waals surface area contributed by atoms with Gasteiger partial charge in [0.2, 0.25) is 11.8 Å². The molecule has 1 aromatic carbocycles. The van der Waals surface area contributed by atoms with Crippen molar-refractivity contribution in [1.82, 2.24) is 0 Å². The number of hydrogen-bond donors (Lipinski definition) is 2. The van der Waals surface area contributed by atoms with E-state index in [0.717, 1.165) is 5.69 Å². The third-order valence-electron chi connectivity index (χ3n) is 4.42. The highest BCUT2D eigenvalue weighted by Gasteiger charge is 2.60. The zero-order valence-electron chi connectivity index (χ0n) is 15.0. The normalized spacial score (nSPS) is 20.9. The molecule has 2 atom stereocenters. The van der Waals surface area contributed by atoms with Gasteiger partial charge in [-0.1, -0.05) is 25.5 Å². The number of carbonyl (C=O) groups is 2. The Labute approximate surface area is 143 Å². The minimum Gasteiger partial charge on any atom is -0.375 e. The number of allylic oxidation sites excluding steroid dienone is 2. The average molecular weight is 330 g/mol. The SMILES string of the molecule is COCC(=O)Nc1ccc(NC(=O)[C@@H]2[C@@H](C=C(C)C)C2(C)C)cc1. The van der Waals surface area contributed by atoms with Gasteiger partial charge in [0.25, 0.3) is 0 Å². The van der Waals surface area contributed by atoms with Crippen LogP contribution < -0.4 is 10.6 Å². The molecule has 0 aromatic heterocycles. The summed E-state index contributed by atoms with van der Waals surface area (Å²) in [6.45, 7) is 8.37. The quantitative estimate of drug-likeness (QED) is 0.785. The van der Waals surface area contributed by atoms with Gasteiger partial charge in [-0.15, -0.1) is 0 Å². The maximum absolute atomic E-state index is 12.5. The van der Waals surface area contributed by atoms with Crippen LogP contribution in [0.25, 0.3) is 0 Å². The molecule has 0 unspecified atom stereocenters. The van der Waals surface area contributed by atoms with Gasteiger partial charge in [0, 0.05) is 18.5 Å². The lowest BCUT2D eigenvalue weighted by molar-refractivity contribution is -0.120. The Morgan fingerprint density at radius 1 is 1.12 bits per heavy atom. The fourth-order valence-corrected chi connectivity index (χ4v) is 3.03. The van der Waals surface area contributed by atoms with Gasteiger partial charge in [-0.25, -0.2) is 0 Å². The van der Waals surface area contributed by atoms with Crippen molar-refractivity contribution in [2.45, 2.75) is 27.7 Å². The van der Waals surface area contributed by atoms with E-state index in [4.69, 9.17) is 4.74 Å². The molecule has 5 heteroatoms. The van der Waals surface area contributed by atoms with Crippen molar-refractivity contribution in [1.29, 1.82) is 0 Å². The minimum atomic E-state index is -0.210. The van der Waals surface area contributed by atoms with Gasteiger partial charge in [0.15, 0.2) is 0 Å². The molecule has 1 saturated carbocycles. The average Bonchev–Trinajstić information content (AvgIpc) is 3.01. The summed E-state index contributed by atoms with van der Waals surface area (Å²) in [6, 6.07) is 7.08. The Morgan fingerprint density at radius 2 is 1.67 bits per heavy atom. The van der Waals surface area contributed by atoms with E-state index in [-0.39, 0.29) is 35.7 Å². The van der Waals surface area contributed by atoms with Crippen molar-refractivity contribution in [3.05, 3.63) is 35.9 Å². The van der Waals surface area contributed by atoms with Crippen molar-refractivity contribution < 1.29 is 14.3 Å². The van der Waals surface area contributed by atoms with Gasteiger partial charge < -0.3 is 15.4 Å². The fraction of sp³-hybridized carbons (Fsp3) is 0.474. The maximum atomic E-state index is 12.5. The summed E-state index contributed by atoms with van der Waals surface area (Å²) in [5, 5.41) is 5.68. The molecule has 1 aromatic rings. The summed E-state index contributed by atoms with van der Waals surface area (Å²) in [7, 11) is 1.47. The number of nitrogens with one attached hydrogen (secondary N) is 2. The van der Waals surface area contributed by atoms with Crippen molar-refractivity contribution in [2.75, 3.05) is 24.4 Å². The minimum absolute atomic E-state index is 0.00454. The number of rotatable bonds is 6. The van der Waals surface area contributed by atoms with E-state index in [1.807, 2.05) is 0 Å². The first-order chi connectivity index (χ1) is 11.3. The van der Waals surface area contributed by atoms with Crippen molar-refractivity contribution >= 4 is 23.2 Å². The zero-order chi connectivity index (χ0) is 17.9. The molecule has 1 aliphatic rings. The Hall–Kier alpha value is -2.14. The molecular formula is C19H26N2O3. The molecule has 2 amide bonds. The van der Waals surface area contributed by atoms with E-state index >= 15 is 0 Å². The molecule has 1 fully saturated rings. The first-order valence-corrected chi connectivity index (χ1v) is 8.10. The number of ether oxygens (including phenoxy) is 1. The van der Waals surface area contributed by atoms with Gasteiger partial charge >= 0.3 is 0 Å². The zero-order valence-corrected chi connectivity index (χ0v) is 15.0. The van der Waals surface area contributed by atoms with Crippen LogP contribution >= 0.6 is 0 Å². The summed E-state index contributed by atoms with van der Waals surface area (Å²) >= 11 is 0. The molecule has 24 heavy (non-hydrogen) atoms. The first kappa shape index (κ1) is 18.2. The van der Waals surface area contributed by atoms with Crippen molar-refractivity contribution in [2.24, 2.45) is 17.3 Å². The Balaban J connectivity index is 1.96. The number of amides is 2. The Bertz CT molecular complexity index is 643. The summed E-state index contributed by atoms with van der Waals surface area (Å²) in [5.41, 5.74) is 2.63. The first-order valence-electron chi connectivity index (χ1n) is 8.10. The van der Waals surface area contributed by atoms with Crippen molar-refractivity contribution in [3.8, 4) is 0 Å². The van der Waals surface area contributed by atoms with E-state index in [0.29, 0.717) is 5.69 Å². The Morgan fingerprint density at radius 3 is 2.17 bits per heavy atom.